The molecule has 1 saturated heterocycles. The SMILES string of the molecule is OC[C@H]1O[C@@H](n2cnc3c(-c4cccc5ccccc45)ncnc32)[C@@H](O)C1F. The molecular formula is C20H17FN4O3. The maximum Gasteiger partial charge on any atom is 0.166 e. The quantitative estimate of drug-likeness (QED) is 0.566. The highest BCUT2D eigenvalue weighted by Crippen LogP contribution is 2.35. The molecule has 0 saturated carbocycles. The lowest BCUT2D eigenvalue weighted by Crippen LogP contribution is -2.29. The number of nitrogens with zero attached hydrogens (tertiary/aromatic N) is 4. The van der Waals surface area contributed by atoms with Gasteiger partial charge in [-0.05, 0) is 10.8 Å². The van der Waals surface area contributed by atoms with E-state index in [4.69, 9.17) is 4.74 Å². The molecule has 0 bridgehead atoms. The molecular weight excluding hydrogens is 363 g/mol. The third-order valence-corrected chi connectivity index (χ3v) is 5.15. The molecule has 0 aliphatic carbocycles. The highest BCUT2D eigenvalue weighted by Gasteiger charge is 2.45. The fraction of sp³-hybridized carbons (Fsp3) is 0.250. The van der Waals surface area contributed by atoms with Crippen molar-refractivity contribution in [2.24, 2.45) is 0 Å². The van der Waals surface area contributed by atoms with Gasteiger partial charge in [0.2, 0.25) is 0 Å². The zero-order chi connectivity index (χ0) is 19.3. The molecule has 2 aromatic carbocycles. The van der Waals surface area contributed by atoms with Gasteiger partial charge >= 0.3 is 0 Å². The van der Waals surface area contributed by atoms with Crippen molar-refractivity contribution in [3.8, 4) is 11.3 Å². The molecule has 4 aromatic rings. The first-order valence-corrected chi connectivity index (χ1v) is 8.93. The van der Waals surface area contributed by atoms with Crippen molar-refractivity contribution >= 4 is 21.9 Å². The summed E-state index contributed by atoms with van der Waals surface area (Å²) in [6.45, 7) is -0.516. The Hall–Kier alpha value is -2.94. The molecule has 1 aliphatic rings. The minimum Gasteiger partial charge on any atom is -0.394 e. The first kappa shape index (κ1) is 17.2. The van der Waals surface area contributed by atoms with Crippen molar-refractivity contribution in [2.45, 2.75) is 24.6 Å². The molecule has 142 valence electrons. The van der Waals surface area contributed by atoms with Crippen molar-refractivity contribution in [1.29, 1.82) is 0 Å². The minimum atomic E-state index is -1.69. The second-order valence-corrected chi connectivity index (χ2v) is 6.76. The number of benzene rings is 2. The number of halogens is 1. The van der Waals surface area contributed by atoms with E-state index in [-0.39, 0.29) is 0 Å². The maximum atomic E-state index is 14.1. The van der Waals surface area contributed by atoms with Gasteiger partial charge in [-0.3, -0.25) is 4.57 Å². The van der Waals surface area contributed by atoms with Gasteiger partial charge in [0.1, 0.15) is 29.7 Å². The molecule has 7 nitrogen and oxygen atoms in total. The Kier molecular flexibility index (Phi) is 4.04. The van der Waals surface area contributed by atoms with Crippen LogP contribution in [0.25, 0.3) is 33.2 Å². The molecule has 3 heterocycles. The molecule has 5 rings (SSSR count). The Morgan fingerprint density at radius 1 is 1.07 bits per heavy atom. The van der Waals surface area contributed by atoms with Crippen LogP contribution in [0, 0.1) is 0 Å². The predicted molar refractivity (Wildman–Crippen MR) is 100 cm³/mol. The summed E-state index contributed by atoms with van der Waals surface area (Å²) < 4.78 is 21.1. The first-order chi connectivity index (χ1) is 13.7. The van der Waals surface area contributed by atoms with E-state index in [1.54, 1.807) is 0 Å². The Morgan fingerprint density at radius 2 is 1.89 bits per heavy atom. The van der Waals surface area contributed by atoms with Crippen LogP contribution in [0.4, 0.5) is 4.39 Å². The lowest BCUT2D eigenvalue weighted by Gasteiger charge is -2.16. The predicted octanol–water partition coefficient (Wildman–Crippen LogP) is 2.24. The molecule has 4 atom stereocenters. The van der Waals surface area contributed by atoms with Crippen molar-refractivity contribution in [3.05, 3.63) is 55.1 Å². The molecule has 0 spiro atoms. The summed E-state index contributed by atoms with van der Waals surface area (Å²) in [6, 6.07) is 13.9. The fourth-order valence-electron chi connectivity index (χ4n) is 3.75. The van der Waals surface area contributed by atoms with Gasteiger partial charge in [0.05, 0.1) is 12.9 Å². The zero-order valence-electron chi connectivity index (χ0n) is 14.7. The Morgan fingerprint density at radius 3 is 2.71 bits per heavy atom. The highest BCUT2D eigenvalue weighted by atomic mass is 19.1. The second kappa shape index (κ2) is 6.59. The number of hydrogen-bond donors (Lipinski definition) is 2. The summed E-state index contributed by atoms with van der Waals surface area (Å²) in [4.78, 5) is 13.1. The largest absolute Gasteiger partial charge is 0.394 e. The van der Waals surface area contributed by atoms with Gasteiger partial charge in [-0.2, -0.15) is 0 Å². The van der Waals surface area contributed by atoms with Crippen LogP contribution in [0.1, 0.15) is 6.23 Å². The number of imidazole rings is 1. The Balaban J connectivity index is 1.66. The molecule has 1 aliphatic heterocycles. The van der Waals surface area contributed by atoms with Gasteiger partial charge in [0.25, 0.3) is 0 Å². The van der Waals surface area contributed by atoms with E-state index in [2.05, 4.69) is 15.0 Å². The van der Waals surface area contributed by atoms with Crippen molar-refractivity contribution in [3.63, 3.8) is 0 Å². The molecule has 2 aromatic heterocycles. The van der Waals surface area contributed by atoms with E-state index in [9.17, 15) is 14.6 Å². The van der Waals surface area contributed by atoms with Crippen LogP contribution >= 0.6 is 0 Å². The maximum absolute atomic E-state index is 14.1. The molecule has 2 N–H and O–H groups in total. The first-order valence-electron chi connectivity index (χ1n) is 8.93. The monoisotopic (exact) mass is 380 g/mol. The summed E-state index contributed by atoms with van der Waals surface area (Å²) in [5.41, 5.74) is 2.49. The van der Waals surface area contributed by atoms with Crippen molar-refractivity contribution in [2.75, 3.05) is 6.61 Å². The van der Waals surface area contributed by atoms with Crippen LogP contribution in [-0.4, -0.2) is 54.7 Å². The summed E-state index contributed by atoms with van der Waals surface area (Å²) in [5, 5.41) is 21.6. The minimum absolute atomic E-state index is 0.424. The molecule has 0 radical (unpaired) electrons. The average molecular weight is 380 g/mol. The molecule has 0 amide bonds. The highest BCUT2D eigenvalue weighted by molar-refractivity contribution is 6.01. The standard InChI is InChI=1S/C20H17FN4O3/c21-15-14(8-26)28-20(18(15)27)25-10-24-17-16(22-9-23-19(17)25)13-7-3-5-11-4-1-2-6-12(11)13/h1-7,9-10,14-15,18,20,26-27H,8H2/t14-,15?,18+,20-/m1/s1. The summed E-state index contributed by atoms with van der Waals surface area (Å²) in [6.07, 6.45) is -2.36. The Bertz CT molecular complexity index is 1160. The lowest BCUT2D eigenvalue weighted by molar-refractivity contribution is -0.0495. The number of ether oxygens (including phenoxy) is 1. The average Bonchev–Trinajstić information content (AvgIpc) is 3.29. The van der Waals surface area contributed by atoms with Crippen LogP contribution in [0.15, 0.2) is 55.1 Å². The molecule has 1 unspecified atom stereocenters. The van der Waals surface area contributed by atoms with Crippen LogP contribution < -0.4 is 0 Å². The van der Waals surface area contributed by atoms with Crippen LogP contribution in [0.2, 0.25) is 0 Å². The number of aliphatic hydroxyl groups is 2. The van der Waals surface area contributed by atoms with Gasteiger partial charge < -0.3 is 14.9 Å². The summed E-state index contributed by atoms with van der Waals surface area (Å²) in [5.74, 6) is 0. The topological polar surface area (TPSA) is 93.3 Å². The van der Waals surface area contributed by atoms with Crippen LogP contribution in [-0.2, 0) is 4.74 Å². The second-order valence-electron chi connectivity index (χ2n) is 6.76. The van der Waals surface area contributed by atoms with E-state index in [0.29, 0.717) is 16.9 Å². The number of rotatable bonds is 3. The lowest BCUT2D eigenvalue weighted by atomic mass is 10.0. The smallest absolute Gasteiger partial charge is 0.166 e. The zero-order valence-corrected chi connectivity index (χ0v) is 14.7. The van der Waals surface area contributed by atoms with E-state index in [0.717, 1.165) is 16.3 Å². The number of alkyl halides is 1. The van der Waals surface area contributed by atoms with E-state index in [1.165, 1.54) is 17.2 Å². The van der Waals surface area contributed by atoms with Crippen molar-refractivity contribution < 1.29 is 19.3 Å². The number of aromatic nitrogens is 4. The van der Waals surface area contributed by atoms with Gasteiger partial charge in [0, 0.05) is 5.56 Å². The molecule has 1 fully saturated rings. The summed E-state index contributed by atoms with van der Waals surface area (Å²) >= 11 is 0. The van der Waals surface area contributed by atoms with Crippen LogP contribution in [0.5, 0.6) is 0 Å². The number of hydrogen-bond acceptors (Lipinski definition) is 6. The third-order valence-electron chi connectivity index (χ3n) is 5.15. The van der Waals surface area contributed by atoms with E-state index < -0.39 is 31.2 Å². The number of aliphatic hydroxyl groups excluding tert-OH is 2. The molecule has 28 heavy (non-hydrogen) atoms. The van der Waals surface area contributed by atoms with Gasteiger partial charge in [-0.25, -0.2) is 19.3 Å². The van der Waals surface area contributed by atoms with E-state index >= 15 is 0 Å². The number of fused-ring (bicyclic) bond motifs is 2. The van der Waals surface area contributed by atoms with E-state index in [1.807, 2.05) is 42.5 Å². The fourth-order valence-corrected chi connectivity index (χ4v) is 3.75. The van der Waals surface area contributed by atoms with Gasteiger partial charge in [0.15, 0.2) is 18.0 Å². The van der Waals surface area contributed by atoms with Gasteiger partial charge in [-0.1, -0.05) is 42.5 Å². The third kappa shape index (κ3) is 2.50. The van der Waals surface area contributed by atoms with Crippen molar-refractivity contribution in [1.82, 2.24) is 19.5 Å². The van der Waals surface area contributed by atoms with Gasteiger partial charge in [-0.15, -0.1) is 0 Å². The summed E-state index contributed by atoms with van der Waals surface area (Å²) in [7, 11) is 0. The van der Waals surface area contributed by atoms with Crippen LogP contribution in [0.3, 0.4) is 0 Å². The normalized spacial score (nSPS) is 25.0. The Labute approximate surface area is 159 Å². The molecule has 8 heteroatoms.